The van der Waals surface area contributed by atoms with Crippen molar-refractivity contribution in [1.82, 2.24) is 14.9 Å². The lowest BCUT2D eigenvalue weighted by atomic mass is 9.96. The number of fused-ring (bicyclic) bond motifs is 1. The van der Waals surface area contributed by atoms with E-state index in [1.54, 1.807) is 12.1 Å². The Hall–Kier alpha value is -2.20. The van der Waals surface area contributed by atoms with Gasteiger partial charge in [0.1, 0.15) is 11.5 Å². The summed E-state index contributed by atoms with van der Waals surface area (Å²) in [7, 11) is 0. The number of pyridine rings is 1. The zero-order valence-corrected chi connectivity index (χ0v) is 13.0. The van der Waals surface area contributed by atoms with Crippen LogP contribution in [0, 0.1) is 5.82 Å². The van der Waals surface area contributed by atoms with Gasteiger partial charge < -0.3 is 9.88 Å². The van der Waals surface area contributed by atoms with Crippen molar-refractivity contribution in [3.63, 3.8) is 0 Å². The number of aromatic nitrogens is 2. The van der Waals surface area contributed by atoms with Crippen LogP contribution >= 0.6 is 0 Å². The van der Waals surface area contributed by atoms with Gasteiger partial charge in [-0.15, -0.1) is 0 Å². The number of rotatable bonds is 3. The molecule has 1 aliphatic heterocycles. The van der Waals surface area contributed by atoms with Crippen molar-refractivity contribution in [2.75, 3.05) is 13.1 Å². The molecule has 1 aromatic carbocycles. The summed E-state index contributed by atoms with van der Waals surface area (Å²) in [4.78, 5) is 4.56. The fourth-order valence-corrected chi connectivity index (χ4v) is 3.53. The van der Waals surface area contributed by atoms with Gasteiger partial charge in [0.25, 0.3) is 0 Å². The first kappa shape index (κ1) is 14.4. The van der Waals surface area contributed by atoms with E-state index in [2.05, 4.69) is 27.0 Å². The van der Waals surface area contributed by atoms with Crippen LogP contribution in [0.4, 0.5) is 4.39 Å². The summed E-state index contributed by atoms with van der Waals surface area (Å²) in [6.45, 7) is 2.75. The van der Waals surface area contributed by atoms with Crippen LogP contribution in [0.2, 0.25) is 0 Å². The maximum absolute atomic E-state index is 13.5. The third-order valence-corrected chi connectivity index (χ3v) is 4.63. The van der Waals surface area contributed by atoms with Crippen molar-refractivity contribution in [2.45, 2.75) is 25.3 Å². The number of piperidine rings is 1. The van der Waals surface area contributed by atoms with Crippen LogP contribution in [0.5, 0.6) is 0 Å². The highest BCUT2D eigenvalue weighted by Crippen LogP contribution is 2.29. The largest absolute Gasteiger partial charge is 0.325 e. The van der Waals surface area contributed by atoms with Crippen LogP contribution in [0.15, 0.2) is 48.7 Å². The third kappa shape index (κ3) is 2.86. The summed E-state index contributed by atoms with van der Waals surface area (Å²) < 4.78 is 15.8. The van der Waals surface area contributed by atoms with E-state index in [0.717, 1.165) is 29.7 Å². The number of nitrogens with one attached hydrogen (secondary N) is 1. The van der Waals surface area contributed by atoms with E-state index >= 15 is 0 Å². The van der Waals surface area contributed by atoms with Gasteiger partial charge >= 0.3 is 0 Å². The molecule has 1 aliphatic rings. The molecular formula is C19H20FN3. The Balaban J connectivity index is 1.79. The van der Waals surface area contributed by atoms with Crippen molar-refractivity contribution < 1.29 is 4.39 Å². The molecular weight excluding hydrogens is 289 g/mol. The lowest BCUT2D eigenvalue weighted by Crippen LogP contribution is -2.29. The maximum atomic E-state index is 13.5. The van der Waals surface area contributed by atoms with Gasteiger partial charge in [0.2, 0.25) is 0 Å². The van der Waals surface area contributed by atoms with Gasteiger partial charge in [-0.2, -0.15) is 0 Å². The molecule has 4 heteroatoms. The summed E-state index contributed by atoms with van der Waals surface area (Å²) >= 11 is 0. The van der Waals surface area contributed by atoms with E-state index in [1.165, 1.54) is 24.6 Å². The first-order valence-corrected chi connectivity index (χ1v) is 8.20. The highest BCUT2D eigenvalue weighted by molar-refractivity contribution is 5.77. The van der Waals surface area contributed by atoms with Gasteiger partial charge in [0.05, 0.1) is 0 Å². The minimum atomic E-state index is -0.187. The number of hydrogen-bond acceptors (Lipinski definition) is 2. The van der Waals surface area contributed by atoms with Gasteiger partial charge in [0, 0.05) is 36.3 Å². The second-order valence-corrected chi connectivity index (χ2v) is 6.24. The first-order valence-electron chi connectivity index (χ1n) is 8.20. The van der Waals surface area contributed by atoms with Crippen molar-refractivity contribution in [3.05, 3.63) is 65.7 Å². The molecule has 1 N–H and O–H groups in total. The molecule has 0 amide bonds. The molecule has 0 unspecified atom stereocenters. The molecule has 1 atom stereocenters. The maximum Gasteiger partial charge on any atom is 0.140 e. The number of halogens is 1. The van der Waals surface area contributed by atoms with Crippen molar-refractivity contribution in [2.24, 2.45) is 0 Å². The van der Waals surface area contributed by atoms with Crippen LogP contribution in [0.1, 0.15) is 30.0 Å². The van der Waals surface area contributed by atoms with E-state index in [9.17, 15) is 4.39 Å². The molecule has 3 heterocycles. The summed E-state index contributed by atoms with van der Waals surface area (Å²) in [5, 5.41) is 4.64. The minimum Gasteiger partial charge on any atom is -0.325 e. The fourth-order valence-electron chi connectivity index (χ4n) is 3.53. The van der Waals surface area contributed by atoms with E-state index in [0.29, 0.717) is 12.5 Å². The van der Waals surface area contributed by atoms with Crippen LogP contribution in [-0.4, -0.2) is 22.6 Å². The molecule has 0 spiro atoms. The second kappa shape index (κ2) is 6.13. The average Bonchev–Trinajstić information content (AvgIpc) is 2.95. The van der Waals surface area contributed by atoms with Gasteiger partial charge in [0.15, 0.2) is 0 Å². The molecule has 0 aliphatic carbocycles. The molecule has 23 heavy (non-hydrogen) atoms. The fraction of sp³-hybridized carbons (Fsp3) is 0.316. The Morgan fingerprint density at radius 3 is 3.00 bits per heavy atom. The van der Waals surface area contributed by atoms with Gasteiger partial charge in [-0.1, -0.05) is 12.1 Å². The molecule has 2 aromatic heterocycles. The summed E-state index contributed by atoms with van der Waals surface area (Å²) in [5.74, 6) is 0.305. The quantitative estimate of drug-likeness (QED) is 0.799. The minimum absolute atomic E-state index is 0.187. The number of hydrogen-bond donors (Lipinski definition) is 1. The molecule has 4 rings (SSSR count). The molecule has 1 saturated heterocycles. The SMILES string of the molecule is Fc1cccc(Cn2c([C@@H]3CCCNC3)cc3cccnc32)c1. The lowest BCUT2D eigenvalue weighted by Gasteiger charge is -2.24. The van der Waals surface area contributed by atoms with Gasteiger partial charge in [-0.25, -0.2) is 9.37 Å². The van der Waals surface area contributed by atoms with E-state index in [-0.39, 0.29) is 5.82 Å². The number of benzene rings is 1. The summed E-state index contributed by atoms with van der Waals surface area (Å²) in [6, 6.07) is 13.2. The standard InChI is InChI=1S/C19H20FN3/c20-17-7-1-4-14(10-17)13-23-18(16-6-2-8-21-12-16)11-15-5-3-9-22-19(15)23/h1,3-5,7,9-11,16,21H,2,6,8,12-13H2/t16-/m1/s1. The lowest BCUT2D eigenvalue weighted by molar-refractivity contribution is 0.445. The molecule has 3 aromatic rings. The normalized spacial score (nSPS) is 18.4. The van der Waals surface area contributed by atoms with Crippen LogP contribution in [0.3, 0.4) is 0 Å². The topological polar surface area (TPSA) is 29.9 Å². The van der Waals surface area contributed by atoms with Crippen molar-refractivity contribution in [1.29, 1.82) is 0 Å². The van der Waals surface area contributed by atoms with Crippen LogP contribution in [0.25, 0.3) is 11.0 Å². The van der Waals surface area contributed by atoms with Crippen LogP contribution in [-0.2, 0) is 6.54 Å². The van der Waals surface area contributed by atoms with E-state index in [1.807, 2.05) is 18.3 Å². The zero-order chi connectivity index (χ0) is 15.6. The Bertz CT molecular complexity index is 818. The first-order chi connectivity index (χ1) is 11.3. The molecule has 0 saturated carbocycles. The zero-order valence-electron chi connectivity index (χ0n) is 13.0. The van der Waals surface area contributed by atoms with Crippen molar-refractivity contribution >= 4 is 11.0 Å². The Morgan fingerprint density at radius 2 is 2.17 bits per heavy atom. The second-order valence-electron chi connectivity index (χ2n) is 6.24. The third-order valence-electron chi connectivity index (χ3n) is 4.63. The molecule has 118 valence electrons. The van der Waals surface area contributed by atoms with E-state index < -0.39 is 0 Å². The predicted octanol–water partition coefficient (Wildman–Crippen LogP) is 3.69. The molecule has 3 nitrogen and oxygen atoms in total. The Kier molecular flexibility index (Phi) is 3.83. The molecule has 0 bridgehead atoms. The molecule has 1 fully saturated rings. The van der Waals surface area contributed by atoms with E-state index in [4.69, 9.17) is 0 Å². The monoisotopic (exact) mass is 309 g/mol. The smallest absolute Gasteiger partial charge is 0.140 e. The highest BCUT2D eigenvalue weighted by atomic mass is 19.1. The number of nitrogens with zero attached hydrogens (tertiary/aromatic N) is 2. The van der Waals surface area contributed by atoms with Gasteiger partial charge in [-0.05, 0) is 55.3 Å². The molecule has 0 radical (unpaired) electrons. The average molecular weight is 309 g/mol. The summed E-state index contributed by atoms with van der Waals surface area (Å²) in [6.07, 6.45) is 4.21. The van der Waals surface area contributed by atoms with Crippen molar-refractivity contribution in [3.8, 4) is 0 Å². The predicted molar refractivity (Wildman–Crippen MR) is 90.1 cm³/mol. The Morgan fingerprint density at radius 1 is 1.22 bits per heavy atom. The van der Waals surface area contributed by atoms with Crippen LogP contribution < -0.4 is 5.32 Å². The summed E-state index contributed by atoms with van der Waals surface area (Å²) in [5.41, 5.74) is 3.26. The van der Waals surface area contributed by atoms with Gasteiger partial charge in [-0.3, -0.25) is 0 Å². The Labute approximate surface area is 135 Å². The highest BCUT2D eigenvalue weighted by Gasteiger charge is 2.21.